The number of para-hydroxylation sites is 1. The highest BCUT2D eigenvalue weighted by atomic mass is 32.1. The van der Waals surface area contributed by atoms with Crippen LogP contribution in [0.25, 0.3) is 10.2 Å². The van der Waals surface area contributed by atoms with Gasteiger partial charge in [0.15, 0.2) is 5.13 Å². The van der Waals surface area contributed by atoms with E-state index in [1.54, 1.807) is 35.6 Å². The molecule has 0 aliphatic carbocycles. The number of piperazine rings is 1. The second-order valence-electron chi connectivity index (χ2n) is 7.87. The summed E-state index contributed by atoms with van der Waals surface area (Å²) in [5.41, 5.74) is 3.18. The van der Waals surface area contributed by atoms with E-state index in [0.29, 0.717) is 37.4 Å². The quantitative estimate of drug-likeness (QED) is 0.592. The van der Waals surface area contributed by atoms with E-state index in [0.717, 1.165) is 10.6 Å². The molecule has 7 nitrogen and oxygen atoms in total. The molecule has 0 N–H and O–H groups in total. The summed E-state index contributed by atoms with van der Waals surface area (Å²) < 4.78 is 1.18. The Kier molecular flexibility index (Phi) is 4.94. The normalized spacial score (nSPS) is 17.1. The van der Waals surface area contributed by atoms with Crippen molar-refractivity contribution in [1.82, 2.24) is 9.88 Å². The molecule has 2 fully saturated rings. The molecule has 3 amide bonds. The Hall–Kier alpha value is -3.26. The second kappa shape index (κ2) is 7.77. The zero-order valence-corrected chi connectivity index (χ0v) is 18.0. The lowest BCUT2D eigenvalue weighted by molar-refractivity contribution is -0.121. The molecule has 1 aromatic heterocycles. The van der Waals surface area contributed by atoms with Crippen LogP contribution in [0.5, 0.6) is 0 Å². The van der Waals surface area contributed by atoms with Gasteiger partial charge in [0, 0.05) is 44.6 Å². The lowest BCUT2D eigenvalue weighted by Crippen LogP contribution is -2.48. The fourth-order valence-electron chi connectivity index (χ4n) is 4.14. The van der Waals surface area contributed by atoms with Crippen LogP contribution >= 0.6 is 11.3 Å². The van der Waals surface area contributed by atoms with Crippen LogP contribution in [0.4, 0.5) is 10.8 Å². The first kappa shape index (κ1) is 19.7. The Labute approximate surface area is 183 Å². The van der Waals surface area contributed by atoms with Gasteiger partial charge < -0.3 is 9.80 Å². The average molecular weight is 435 g/mol. The number of fused-ring (bicyclic) bond motifs is 1. The lowest BCUT2D eigenvalue weighted by Gasteiger charge is -2.34. The molecule has 2 aliphatic heterocycles. The summed E-state index contributed by atoms with van der Waals surface area (Å²) in [6.45, 7) is 4.69. The van der Waals surface area contributed by atoms with Gasteiger partial charge in [0.05, 0.1) is 15.9 Å². The predicted octanol–water partition coefficient (Wildman–Crippen LogP) is 3.22. The number of hydrogen-bond acceptors (Lipinski definition) is 6. The number of aryl methyl sites for hydroxylation is 1. The van der Waals surface area contributed by atoms with Crippen LogP contribution < -0.4 is 9.80 Å². The highest BCUT2D eigenvalue weighted by Crippen LogP contribution is 2.31. The SMILES string of the molecule is Cc1cccc2sc(N3CCN(C(=O)c4cccc(N5C(=O)CCC5=O)c4)CC3)nc12. The average Bonchev–Trinajstić information content (AvgIpc) is 3.37. The third-order valence-electron chi connectivity index (χ3n) is 5.85. The Morgan fingerprint density at radius 2 is 1.68 bits per heavy atom. The molecule has 5 rings (SSSR count). The zero-order chi connectivity index (χ0) is 21.5. The van der Waals surface area contributed by atoms with Crippen LogP contribution in [0.3, 0.4) is 0 Å². The van der Waals surface area contributed by atoms with Crippen molar-refractivity contribution in [1.29, 1.82) is 0 Å². The number of carbonyl (C=O) groups is 3. The Morgan fingerprint density at radius 1 is 0.968 bits per heavy atom. The molecule has 2 aromatic carbocycles. The van der Waals surface area contributed by atoms with Crippen LogP contribution in [0.1, 0.15) is 28.8 Å². The largest absolute Gasteiger partial charge is 0.345 e. The van der Waals surface area contributed by atoms with Crippen molar-refractivity contribution >= 4 is 50.1 Å². The molecule has 8 heteroatoms. The number of rotatable bonds is 3. The summed E-state index contributed by atoms with van der Waals surface area (Å²) in [6, 6.07) is 13.0. The first-order valence-corrected chi connectivity index (χ1v) is 11.2. The highest BCUT2D eigenvalue weighted by Gasteiger charge is 2.31. The number of carbonyl (C=O) groups excluding carboxylic acids is 3. The van der Waals surface area contributed by atoms with E-state index in [1.165, 1.54) is 15.2 Å². The van der Waals surface area contributed by atoms with Gasteiger partial charge >= 0.3 is 0 Å². The van der Waals surface area contributed by atoms with E-state index in [-0.39, 0.29) is 30.6 Å². The van der Waals surface area contributed by atoms with Crippen molar-refractivity contribution in [2.24, 2.45) is 0 Å². The molecule has 3 heterocycles. The van der Waals surface area contributed by atoms with Gasteiger partial charge in [-0.3, -0.25) is 19.3 Å². The molecule has 0 unspecified atom stereocenters. The van der Waals surface area contributed by atoms with Crippen molar-refractivity contribution < 1.29 is 14.4 Å². The minimum atomic E-state index is -0.214. The molecule has 3 aromatic rings. The monoisotopic (exact) mass is 434 g/mol. The summed E-state index contributed by atoms with van der Waals surface area (Å²) in [4.78, 5) is 47.2. The number of aromatic nitrogens is 1. The standard InChI is InChI=1S/C23H22N4O3S/c1-15-4-2-7-18-21(15)24-23(31-18)26-12-10-25(11-13-26)22(30)16-5-3-6-17(14-16)27-19(28)8-9-20(27)29/h2-7,14H,8-13H2,1H3. The predicted molar refractivity (Wildman–Crippen MR) is 121 cm³/mol. The first-order valence-electron chi connectivity index (χ1n) is 10.4. The maximum atomic E-state index is 13.1. The number of nitrogens with zero attached hydrogens (tertiary/aromatic N) is 4. The Bertz CT molecular complexity index is 1180. The van der Waals surface area contributed by atoms with Gasteiger partial charge in [0.1, 0.15) is 0 Å². The second-order valence-corrected chi connectivity index (χ2v) is 8.88. The number of imide groups is 1. The van der Waals surface area contributed by atoms with E-state index in [2.05, 4.69) is 24.0 Å². The van der Waals surface area contributed by atoms with Gasteiger partial charge in [-0.05, 0) is 36.8 Å². The van der Waals surface area contributed by atoms with Gasteiger partial charge in [0.2, 0.25) is 11.8 Å². The van der Waals surface area contributed by atoms with Crippen LogP contribution in [-0.4, -0.2) is 53.8 Å². The summed E-state index contributed by atoms with van der Waals surface area (Å²) >= 11 is 1.68. The third-order valence-corrected chi connectivity index (χ3v) is 6.93. The fraction of sp³-hybridized carbons (Fsp3) is 0.304. The number of hydrogen-bond donors (Lipinski definition) is 0. The number of benzene rings is 2. The van der Waals surface area contributed by atoms with Gasteiger partial charge in [0.25, 0.3) is 5.91 Å². The molecule has 2 saturated heterocycles. The van der Waals surface area contributed by atoms with E-state index in [4.69, 9.17) is 4.98 Å². The lowest BCUT2D eigenvalue weighted by atomic mass is 10.1. The van der Waals surface area contributed by atoms with Crippen LogP contribution in [0.2, 0.25) is 0 Å². The summed E-state index contributed by atoms with van der Waals surface area (Å²) in [7, 11) is 0. The highest BCUT2D eigenvalue weighted by molar-refractivity contribution is 7.22. The molecule has 0 bridgehead atoms. The van der Waals surface area contributed by atoms with Gasteiger partial charge in [-0.2, -0.15) is 0 Å². The first-order chi connectivity index (χ1) is 15.0. The molecular weight excluding hydrogens is 412 g/mol. The minimum absolute atomic E-state index is 0.0826. The molecule has 0 radical (unpaired) electrons. The van der Waals surface area contributed by atoms with Crippen molar-refractivity contribution in [2.75, 3.05) is 36.0 Å². The molecule has 158 valence electrons. The van der Waals surface area contributed by atoms with Crippen molar-refractivity contribution in [3.8, 4) is 0 Å². The number of amides is 3. The van der Waals surface area contributed by atoms with Crippen molar-refractivity contribution in [2.45, 2.75) is 19.8 Å². The number of thiazole rings is 1. The van der Waals surface area contributed by atoms with Crippen molar-refractivity contribution in [3.05, 3.63) is 53.6 Å². The zero-order valence-electron chi connectivity index (χ0n) is 17.2. The van der Waals surface area contributed by atoms with E-state index < -0.39 is 0 Å². The Balaban J connectivity index is 1.29. The van der Waals surface area contributed by atoms with Crippen molar-refractivity contribution in [3.63, 3.8) is 0 Å². The van der Waals surface area contributed by atoms with Crippen LogP contribution in [0, 0.1) is 6.92 Å². The molecule has 0 spiro atoms. The number of anilines is 2. The fourth-order valence-corrected chi connectivity index (χ4v) is 5.23. The molecular formula is C23H22N4O3S. The van der Waals surface area contributed by atoms with E-state index in [1.807, 2.05) is 11.0 Å². The maximum absolute atomic E-state index is 13.1. The molecule has 31 heavy (non-hydrogen) atoms. The van der Waals surface area contributed by atoms with Gasteiger partial charge in [-0.25, -0.2) is 4.98 Å². The summed E-state index contributed by atoms with van der Waals surface area (Å²) in [5.74, 6) is -0.510. The summed E-state index contributed by atoms with van der Waals surface area (Å²) in [5, 5.41) is 0.990. The summed E-state index contributed by atoms with van der Waals surface area (Å²) in [6.07, 6.45) is 0.453. The smallest absolute Gasteiger partial charge is 0.254 e. The van der Waals surface area contributed by atoms with E-state index >= 15 is 0 Å². The van der Waals surface area contributed by atoms with Gasteiger partial charge in [-0.15, -0.1) is 0 Å². The maximum Gasteiger partial charge on any atom is 0.254 e. The third kappa shape index (κ3) is 3.57. The molecule has 0 atom stereocenters. The van der Waals surface area contributed by atoms with Crippen LogP contribution in [-0.2, 0) is 9.59 Å². The molecule has 0 saturated carbocycles. The van der Waals surface area contributed by atoms with E-state index in [9.17, 15) is 14.4 Å². The van der Waals surface area contributed by atoms with Gasteiger partial charge in [-0.1, -0.05) is 29.5 Å². The topological polar surface area (TPSA) is 73.8 Å². The Morgan fingerprint density at radius 3 is 2.39 bits per heavy atom. The minimum Gasteiger partial charge on any atom is -0.345 e. The van der Waals surface area contributed by atoms with Crippen LogP contribution in [0.15, 0.2) is 42.5 Å². The molecule has 2 aliphatic rings.